The monoisotopic (exact) mass is 196 g/mol. The Kier molecular flexibility index (Phi) is 2.89. The Labute approximate surface area is 82.7 Å². The molecular formula is C11H13FO2. The molecule has 0 saturated heterocycles. The topological polar surface area (TPSA) is 26.3 Å². The molecule has 0 aliphatic heterocycles. The summed E-state index contributed by atoms with van der Waals surface area (Å²) in [6.07, 6.45) is 0. The van der Waals surface area contributed by atoms with E-state index in [4.69, 9.17) is 4.74 Å². The molecule has 3 heteroatoms. The standard InChI is InChI=1S/C11H13FO2/c1-6-5-9(8(3)13)7(2)11(14-4)10(6)12/h5H,1-4H3. The molecule has 14 heavy (non-hydrogen) atoms. The van der Waals surface area contributed by atoms with Gasteiger partial charge in [0.15, 0.2) is 17.3 Å². The first kappa shape index (κ1) is 10.7. The highest BCUT2D eigenvalue weighted by molar-refractivity contribution is 5.96. The molecule has 0 amide bonds. The molecule has 0 saturated carbocycles. The van der Waals surface area contributed by atoms with E-state index >= 15 is 0 Å². The molecule has 0 spiro atoms. The van der Waals surface area contributed by atoms with E-state index in [-0.39, 0.29) is 11.5 Å². The molecule has 0 aliphatic carbocycles. The maximum atomic E-state index is 13.5. The second-order valence-electron chi connectivity index (χ2n) is 3.27. The van der Waals surface area contributed by atoms with Crippen molar-refractivity contribution < 1.29 is 13.9 Å². The Bertz CT molecular complexity index is 383. The number of rotatable bonds is 2. The van der Waals surface area contributed by atoms with Gasteiger partial charge < -0.3 is 4.74 Å². The fourth-order valence-electron chi connectivity index (χ4n) is 1.46. The first-order chi connectivity index (χ1) is 6.49. The van der Waals surface area contributed by atoms with Crippen LogP contribution < -0.4 is 4.74 Å². The number of benzene rings is 1. The Hall–Kier alpha value is -1.38. The number of methoxy groups -OCH3 is 1. The van der Waals surface area contributed by atoms with E-state index in [2.05, 4.69) is 0 Å². The molecular weight excluding hydrogens is 183 g/mol. The number of Topliss-reactive ketones (excluding diaryl/α,β-unsaturated/α-hetero) is 1. The molecule has 0 unspecified atom stereocenters. The summed E-state index contributed by atoms with van der Waals surface area (Å²) in [6.45, 7) is 4.75. The van der Waals surface area contributed by atoms with E-state index in [0.29, 0.717) is 16.7 Å². The molecule has 2 nitrogen and oxygen atoms in total. The number of ether oxygens (including phenoxy) is 1. The average molecular weight is 196 g/mol. The van der Waals surface area contributed by atoms with Gasteiger partial charge in [0.2, 0.25) is 0 Å². The van der Waals surface area contributed by atoms with Gasteiger partial charge in [-0.1, -0.05) is 0 Å². The van der Waals surface area contributed by atoms with Crippen LogP contribution in [0, 0.1) is 19.7 Å². The normalized spacial score (nSPS) is 10.1. The van der Waals surface area contributed by atoms with Gasteiger partial charge in [-0.3, -0.25) is 4.79 Å². The lowest BCUT2D eigenvalue weighted by Gasteiger charge is -2.11. The number of aryl methyl sites for hydroxylation is 1. The number of carbonyl (C=O) groups excluding carboxylic acids is 1. The van der Waals surface area contributed by atoms with E-state index in [1.807, 2.05) is 0 Å². The number of hydrogen-bond donors (Lipinski definition) is 0. The van der Waals surface area contributed by atoms with Crippen LogP contribution in [0.2, 0.25) is 0 Å². The van der Waals surface area contributed by atoms with Gasteiger partial charge in [-0.15, -0.1) is 0 Å². The van der Waals surface area contributed by atoms with Gasteiger partial charge in [0.1, 0.15) is 0 Å². The van der Waals surface area contributed by atoms with Crippen LogP contribution in [0.3, 0.4) is 0 Å². The highest BCUT2D eigenvalue weighted by atomic mass is 19.1. The lowest BCUT2D eigenvalue weighted by atomic mass is 10.0. The zero-order chi connectivity index (χ0) is 10.9. The maximum Gasteiger partial charge on any atom is 0.168 e. The largest absolute Gasteiger partial charge is 0.493 e. The number of hydrogen-bond acceptors (Lipinski definition) is 2. The zero-order valence-electron chi connectivity index (χ0n) is 8.77. The first-order valence-electron chi connectivity index (χ1n) is 4.33. The second-order valence-corrected chi connectivity index (χ2v) is 3.27. The Morgan fingerprint density at radius 2 is 2.00 bits per heavy atom. The molecule has 1 rings (SSSR count). The molecule has 0 aromatic heterocycles. The van der Waals surface area contributed by atoms with Crippen molar-refractivity contribution in [2.24, 2.45) is 0 Å². The smallest absolute Gasteiger partial charge is 0.168 e. The van der Waals surface area contributed by atoms with Crippen LogP contribution >= 0.6 is 0 Å². The van der Waals surface area contributed by atoms with Crippen molar-refractivity contribution in [1.82, 2.24) is 0 Å². The molecule has 0 aliphatic rings. The third-order valence-electron chi connectivity index (χ3n) is 2.23. The van der Waals surface area contributed by atoms with Gasteiger partial charge in [-0.2, -0.15) is 0 Å². The van der Waals surface area contributed by atoms with Gasteiger partial charge >= 0.3 is 0 Å². The summed E-state index contributed by atoms with van der Waals surface area (Å²) in [5.74, 6) is -0.311. The summed E-state index contributed by atoms with van der Waals surface area (Å²) in [5.41, 5.74) is 1.50. The van der Waals surface area contributed by atoms with Crippen molar-refractivity contribution in [1.29, 1.82) is 0 Å². The minimum absolute atomic E-state index is 0.0797. The SMILES string of the molecule is COc1c(C)c(C(C)=O)cc(C)c1F. The zero-order valence-corrected chi connectivity index (χ0v) is 8.77. The van der Waals surface area contributed by atoms with E-state index < -0.39 is 5.82 Å². The summed E-state index contributed by atoms with van der Waals surface area (Å²) in [4.78, 5) is 11.2. The van der Waals surface area contributed by atoms with Crippen molar-refractivity contribution >= 4 is 5.78 Å². The van der Waals surface area contributed by atoms with Gasteiger partial charge in [-0.25, -0.2) is 4.39 Å². The highest BCUT2D eigenvalue weighted by Gasteiger charge is 2.15. The molecule has 0 radical (unpaired) electrons. The summed E-state index contributed by atoms with van der Waals surface area (Å²) < 4.78 is 18.4. The highest BCUT2D eigenvalue weighted by Crippen LogP contribution is 2.28. The first-order valence-corrected chi connectivity index (χ1v) is 4.33. The molecule has 0 N–H and O–H groups in total. The molecule has 0 fully saturated rings. The van der Waals surface area contributed by atoms with Gasteiger partial charge in [0.05, 0.1) is 7.11 Å². The van der Waals surface area contributed by atoms with Crippen LogP contribution in [0.15, 0.2) is 6.07 Å². The van der Waals surface area contributed by atoms with Crippen molar-refractivity contribution in [2.75, 3.05) is 7.11 Å². The maximum absolute atomic E-state index is 13.5. The molecule has 1 aromatic rings. The quantitative estimate of drug-likeness (QED) is 0.680. The van der Waals surface area contributed by atoms with Crippen molar-refractivity contribution in [3.05, 3.63) is 28.6 Å². The minimum Gasteiger partial charge on any atom is -0.493 e. The van der Waals surface area contributed by atoms with Gasteiger partial charge in [0.25, 0.3) is 0 Å². The molecule has 0 bridgehead atoms. The van der Waals surface area contributed by atoms with Gasteiger partial charge in [0, 0.05) is 11.1 Å². The summed E-state index contributed by atoms with van der Waals surface area (Å²) in [5, 5.41) is 0. The Morgan fingerprint density at radius 3 is 2.43 bits per heavy atom. The third-order valence-corrected chi connectivity index (χ3v) is 2.23. The van der Waals surface area contributed by atoms with E-state index in [1.165, 1.54) is 14.0 Å². The lowest BCUT2D eigenvalue weighted by Crippen LogP contribution is -2.03. The lowest BCUT2D eigenvalue weighted by molar-refractivity contribution is 0.101. The van der Waals surface area contributed by atoms with Crippen molar-refractivity contribution in [2.45, 2.75) is 20.8 Å². The number of carbonyl (C=O) groups is 1. The van der Waals surface area contributed by atoms with E-state index in [1.54, 1.807) is 19.9 Å². The van der Waals surface area contributed by atoms with E-state index in [0.717, 1.165) is 0 Å². The minimum atomic E-state index is -0.394. The molecule has 0 atom stereocenters. The van der Waals surface area contributed by atoms with E-state index in [9.17, 15) is 9.18 Å². The van der Waals surface area contributed by atoms with Gasteiger partial charge in [-0.05, 0) is 32.4 Å². The fourth-order valence-corrected chi connectivity index (χ4v) is 1.46. The third kappa shape index (κ3) is 1.62. The molecule has 1 aromatic carbocycles. The van der Waals surface area contributed by atoms with Crippen molar-refractivity contribution in [3.63, 3.8) is 0 Å². The number of ketones is 1. The number of halogens is 1. The van der Waals surface area contributed by atoms with Crippen LogP contribution in [0.5, 0.6) is 5.75 Å². The molecule has 76 valence electrons. The van der Waals surface area contributed by atoms with Crippen LogP contribution in [-0.4, -0.2) is 12.9 Å². The summed E-state index contributed by atoms with van der Waals surface area (Å²) in [6, 6.07) is 1.55. The van der Waals surface area contributed by atoms with Crippen LogP contribution in [-0.2, 0) is 0 Å². The summed E-state index contributed by atoms with van der Waals surface area (Å²) >= 11 is 0. The molecule has 0 heterocycles. The van der Waals surface area contributed by atoms with Crippen LogP contribution in [0.25, 0.3) is 0 Å². The fraction of sp³-hybridized carbons (Fsp3) is 0.364. The van der Waals surface area contributed by atoms with Crippen LogP contribution in [0.1, 0.15) is 28.4 Å². The Balaban J connectivity index is 3.50. The average Bonchev–Trinajstić information content (AvgIpc) is 2.12. The predicted octanol–water partition coefficient (Wildman–Crippen LogP) is 2.65. The second kappa shape index (κ2) is 3.78. The Morgan fingerprint density at radius 1 is 1.43 bits per heavy atom. The van der Waals surface area contributed by atoms with Crippen molar-refractivity contribution in [3.8, 4) is 5.75 Å². The van der Waals surface area contributed by atoms with Crippen LogP contribution in [0.4, 0.5) is 4.39 Å². The summed E-state index contributed by atoms with van der Waals surface area (Å²) in [7, 11) is 1.40. The predicted molar refractivity (Wildman–Crippen MR) is 52.4 cm³/mol.